The van der Waals surface area contributed by atoms with Crippen LogP contribution in [0, 0.1) is 0 Å². The molecule has 0 aromatic rings. The maximum atomic E-state index is 11.9. The quantitative estimate of drug-likeness (QED) is 0.613. The van der Waals surface area contributed by atoms with Crippen LogP contribution in [-0.2, 0) is 19.1 Å². The second-order valence-corrected chi connectivity index (χ2v) is 5.62. The lowest BCUT2D eigenvalue weighted by Gasteiger charge is -2.23. The van der Waals surface area contributed by atoms with Gasteiger partial charge in [0.1, 0.15) is 11.6 Å². The molecule has 0 rings (SSSR count). The zero-order valence-corrected chi connectivity index (χ0v) is 13.2. The molecule has 0 saturated carbocycles. The molecule has 3 atom stereocenters. The maximum Gasteiger partial charge on any atom is 0.408 e. The van der Waals surface area contributed by atoms with Crippen LogP contribution in [0.1, 0.15) is 34.6 Å². The van der Waals surface area contributed by atoms with E-state index in [1.165, 1.54) is 13.8 Å². The molecule has 2 amide bonds. The Kier molecular flexibility index (Phi) is 7.14. The standard InChI is InChI=1S/C13H24N2O6/c1-7(14-12(19)21-13(3,4)5)10(17)15-9(8(2)16)11(18)20-6/h7-9,16H,1-6H3,(H,14,19)(H,15,17)/t7-,8?,9-/m0/s1. The van der Waals surface area contributed by atoms with Crippen LogP contribution < -0.4 is 10.6 Å². The molecule has 0 aliphatic carbocycles. The lowest BCUT2D eigenvalue weighted by atomic mass is 10.1. The summed E-state index contributed by atoms with van der Waals surface area (Å²) < 4.78 is 9.48. The number of rotatable bonds is 5. The van der Waals surface area contributed by atoms with Gasteiger partial charge in [-0.1, -0.05) is 0 Å². The van der Waals surface area contributed by atoms with Crippen molar-refractivity contribution in [3.05, 3.63) is 0 Å². The van der Waals surface area contributed by atoms with E-state index in [1.54, 1.807) is 20.8 Å². The Morgan fingerprint density at radius 3 is 2.00 bits per heavy atom. The van der Waals surface area contributed by atoms with Gasteiger partial charge in [0.2, 0.25) is 5.91 Å². The Balaban J connectivity index is 4.57. The van der Waals surface area contributed by atoms with Gasteiger partial charge in [-0.05, 0) is 34.6 Å². The molecule has 0 aromatic heterocycles. The highest BCUT2D eigenvalue weighted by Gasteiger charge is 2.29. The summed E-state index contributed by atoms with van der Waals surface area (Å²) in [6.45, 7) is 7.84. The minimum absolute atomic E-state index is 0.642. The Hall–Kier alpha value is -1.83. The van der Waals surface area contributed by atoms with Gasteiger partial charge < -0.3 is 25.2 Å². The second kappa shape index (κ2) is 7.82. The van der Waals surface area contributed by atoms with E-state index >= 15 is 0 Å². The number of amides is 2. The summed E-state index contributed by atoms with van der Waals surface area (Å²) in [4.78, 5) is 34.8. The first-order chi connectivity index (χ1) is 9.47. The Morgan fingerprint density at radius 1 is 1.10 bits per heavy atom. The lowest BCUT2D eigenvalue weighted by molar-refractivity contribution is -0.148. The van der Waals surface area contributed by atoms with Crippen LogP contribution in [0.5, 0.6) is 0 Å². The number of aliphatic hydroxyl groups excluding tert-OH is 1. The molecular formula is C13H24N2O6. The average molecular weight is 304 g/mol. The van der Waals surface area contributed by atoms with Crippen molar-refractivity contribution in [2.24, 2.45) is 0 Å². The summed E-state index contributed by atoms with van der Waals surface area (Å²) in [5.74, 6) is -1.42. The van der Waals surface area contributed by atoms with Gasteiger partial charge in [-0.25, -0.2) is 9.59 Å². The van der Waals surface area contributed by atoms with Gasteiger partial charge >= 0.3 is 12.1 Å². The van der Waals surface area contributed by atoms with E-state index in [9.17, 15) is 19.5 Å². The number of methoxy groups -OCH3 is 1. The van der Waals surface area contributed by atoms with Crippen molar-refractivity contribution in [3.63, 3.8) is 0 Å². The number of alkyl carbamates (subject to hydrolysis) is 1. The Bertz CT molecular complexity index is 389. The topological polar surface area (TPSA) is 114 Å². The molecule has 0 aromatic carbocycles. The first-order valence-electron chi connectivity index (χ1n) is 6.53. The largest absolute Gasteiger partial charge is 0.467 e. The van der Waals surface area contributed by atoms with Crippen molar-refractivity contribution in [2.75, 3.05) is 7.11 Å². The molecule has 1 unspecified atom stereocenters. The molecule has 0 saturated heterocycles. The summed E-state index contributed by atoms with van der Waals surface area (Å²) in [6, 6.07) is -2.14. The Labute approximate surface area is 124 Å². The summed E-state index contributed by atoms with van der Waals surface area (Å²) in [5, 5.41) is 14.1. The smallest absolute Gasteiger partial charge is 0.408 e. The number of hydrogen-bond acceptors (Lipinski definition) is 6. The van der Waals surface area contributed by atoms with Gasteiger partial charge in [0.05, 0.1) is 13.2 Å². The van der Waals surface area contributed by atoms with Crippen LogP contribution in [0.2, 0.25) is 0 Å². The Morgan fingerprint density at radius 2 is 1.62 bits per heavy atom. The minimum atomic E-state index is -1.20. The molecule has 122 valence electrons. The van der Waals surface area contributed by atoms with Crippen LogP contribution in [0.25, 0.3) is 0 Å². The molecule has 0 radical (unpaired) electrons. The van der Waals surface area contributed by atoms with Gasteiger partial charge in [-0.3, -0.25) is 4.79 Å². The predicted octanol–water partition coefficient (Wildman–Crippen LogP) is -0.0618. The number of ether oxygens (including phenoxy) is 2. The van der Waals surface area contributed by atoms with Crippen LogP contribution in [0.3, 0.4) is 0 Å². The predicted molar refractivity (Wildman–Crippen MR) is 74.5 cm³/mol. The maximum absolute atomic E-state index is 11.9. The van der Waals surface area contributed by atoms with Gasteiger partial charge in [0.25, 0.3) is 0 Å². The number of carbonyl (C=O) groups excluding carboxylic acids is 3. The molecule has 0 heterocycles. The van der Waals surface area contributed by atoms with Crippen LogP contribution in [0.4, 0.5) is 4.79 Å². The summed E-state index contributed by atoms with van der Waals surface area (Å²) in [5.41, 5.74) is -0.686. The second-order valence-electron chi connectivity index (χ2n) is 5.62. The minimum Gasteiger partial charge on any atom is -0.467 e. The van der Waals surface area contributed by atoms with E-state index < -0.39 is 41.8 Å². The highest BCUT2D eigenvalue weighted by Crippen LogP contribution is 2.06. The number of aliphatic hydroxyl groups is 1. The third-order valence-corrected chi connectivity index (χ3v) is 2.36. The highest BCUT2D eigenvalue weighted by atomic mass is 16.6. The van der Waals surface area contributed by atoms with Crippen molar-refractivity contribution in [1.82, 2.24) is 10.6 Å². The van der Waals surface area contributed by atoms with Crippen LogP contribution >= 0.6 is 0 Å². The fourth-order valence-corrected chi connectivity index (χ4v) is 1.33. The molecule has 8 nitrogen and oxygen atoms in total. The first-order valence-corrected chi connectivity index (χ1v) is 6.53. The average Bonchev–Trinajstić information content (AvgIpc) is 2.31. The first kappa shape index (κ1) is 19.2. The van der Waals surface area contributed by atoms with E-state index in [4.69, 9.17) is 4.74 Å². The van der Waals surface area contributed by atoms with Crippen LogP contribution in [-0.4, -0.2) is 54.0 Å². The number of nitrogens with one attached hydrogen (secondary N) is 2. The van der Waals surface area contributed by atoms with Gasteiger partial charge in [0, 0.05) is 0 Å². The highest BCUT2D eigenvalue weighted by molar-refractivity contribution is 5.89. The molecule has 0 bridgehead atoms. The van der Waals surface area contributed by atoms with Gasteiger partial charge in [-0.15, -0.1) is 0 Å². The molecule has 0 aliphatic rings. The molecular weight excluding hydrogens is 280 g/mol. The summed E-state index contributed by atoms with van der Waals surface area (Å²) in [7, 11) is 1.15. The molecule has 0 spiro atoms. The van der Waals surface area contributed by atoms with E-state index in [0.29, 0.717) is 0 Å². The third-order valence-electron chi connectivity index (χ3n) is 2.36. The SMILES string of the molecule is COC(=O)[C@@H](NC(=O)[C@H](C)NC(=O)OC(C)(C)C)C(C)O. The normalized spacial score (nSPS) is 15.4. The molecule has 3 N–H and O–H groups in total. The third kappa shape index (κ3) is 7.50. The number of esters is 1. The summed E-state index contributed by atoms with van der Waals surface area (Å²) >= 11 is 0. The van der Waals surface area contributed by atoms with Crippen molar-refractivity contribution in [2.45, 2.75) is 58.4 Å². The van der Waals surface area contributed by atoms with Crippen molar-refractivity contribution < 1.29 is 29.0 Å². The number of hydrogen-bond donors (Lipinski definition) is 3. The monoisotopic (exact) mass is 304 g/mol. The zero-order valence-electron chi connectivity index (χ0n) is 13.2. The van der Waals surface area contributed by atoms with E-state index in [0.717, 1.165) is 7.11 Å². The van der Waals surface area contributed by atoms with E-state index in [-0.39, 0.29) is 0 Å². The molecule has 0 aliphatic heterocycles. The van der Waals surface area contributed by atoms with Gasteiger partial charge in [0.15, 0.2) is 6.04 Å². The van der Waals surface area contributed by atoms with Gasteiger partial charge in [-0.2, -0.15) is 0 Å². The molecule has 0 fully saturated rings. The zero-order chi connectivity index (χ0) is 16.8. The van der Waals surface area contributed by atoms with Crippen LogP contribution in [0.15, 0.2) is 0 Å². The van der Waals surface area contributed by atoms with Crippen molar-refractivity contribution >= 4 is 18.0 Å². The fraction of sp³-hybridized carbons (Fsp3) is 0.769. The number of carbonyl (C=O) groups is 3. The van der Waals surface area contributed by atoms with Crippen molar-refractivity contribution in [3.8, 4) is 0 Å². The van der Waals surface area contributed by atoms with Crippen molar-refractivity contribution in [1.29, 1.82) is 0 Å². The lowest BCUT2D eigenvalue weighted by Crippen LogP contribution is -2.54. The van der Waals surface area contributed by atoms with E-state index in [1.807, 2.05) is 0 Å². The molecule has 8 heteroatoms. The summed E-state index contributed by atoms with van der Waals surface area (Å²) in [6.07, 6.45) is -1.88. The fourth-order valence-electron chi connectivity index (χ4n) is 1.33. The van der Waals surface area contributed by atoms with E-state index in [2.05, 4.69) is 15.4 Å². The molecule has 21 heavy (non-hydrogen) atoms.